The van der Waals surface area contributed by atoms with Crippen LogP contribution in [-0.2, 0) is 10.0 Å². The second-order valence-electron chi connectivity index (χ2n) is 12.6. The number of hydrogen-bond acceptors (Lipinski definition) is 6. The standard InChI is InChI=1S/C40H57IN2O5S/c1-4-6-8-10-12-15-30-47-39-28-21-34(32-40(39)48-31-16-13-11-9-7-5-2)38(18-14-17-29-46-36-24-22-35(41)23-25-36)42-43-49(44,45)37-26-19-33(3)20-27-37/h19-28,32,43H,4-18,29-31H2,1-3H3/b42-38-. The molecule has 3 rings (SSSR count). The topological polar surface area (TPSA) is 86.2 Å². The van der Waals surface area contributed by atoms with Crippen LogP contribution in [0.1, 0.15) is 121 Å². The lowest BCUT2D eigenvalue weighted by Crippen LogP contribution is -2.21. The molecule has 0 unspecified atom stereocenters. The molecule has 0 aliphatic carbocycles. The molecule has 1 N–H and O–H groups in total. The van der Waals surface area contributed by atoms with Gasteiger partial charge in [-0.25, -0.2) is 0 Å². The Bertz CT molecular complexity index is 1480. The van der Waals surface area contributed by atoms with Crippen LogP contribution >= 0.6 is 22.6 Å². The molecule has 0 atom stereocenters. The fourth-order valence-electron chi connectivity index (χ4n) is 5.31. The normalized spacial score (nSPS) is 11.8. The molecule has 0 radical (unpaired) electrons. The van der Waals surface area contributed by atoms with Crippen molar-refractivity contribution >= 4 is 38.3 Å². The maximum absolute atomic E-state index is 13.2. The van der Waals surface area contributed by atoms with E-state index in [0.717, 1.165) is 59.0 Å². The molecule has 0 aromatic heterocycles. The first kappa shape index (κ1) is 40.6. The van der Waals surface area contributed by atoms with Gasteiger partial charge in [-0.2, -0.15) is 18.4 Å². The monoisotopic (exact) mass is 804 g/mol. The molecule has 3 aromatic rings. The van der Waals surface area contributed by atoms with Crippen LogP contribution in [0.4, 0.5) is 0 Å². The first-order valence-electron chi connectivity index (χ1n) is 18.3. The van der Waals surface area contributed by atoms with E-state index in [1.807, 2.05) is 49.4 Å². The quantitative estimate of drug-likeness (QED) is 0.0378. The minimum Gasteiger partial charge on any atom is -0.494 e. The highest BCUT2D eigenvalue weighted by molar-refractivity contribution is 14.1. The molecule has 0 saturated carbocycles. The Balaban J connectivity index is 1.75. The Labute approximate surface area is 309 Å². The van der Waals surface area contributed by atoms with E-state index in [1.54, 1.807) is 24.3 Å². The number of hydrogen-bond donors (Lipinski definition) is 1. The van der Waals surface area contributed by atoms with Crippen molar-refractivity contribution in [2.45, 2.75) is 122 Å². The summed E-state index contributed by atoms with van der Waals surface area (Å²) < 4.78 is 46.0. The van der Waals surface area contributed by atoms with Crippen LogP contribution in [0, 0.1) is 10.5 Å². The van der Waals surface area contributed by atoms with Crippen molar-refractivity contribution in [3.63, 3.8) is 0 Å². The zero-order chi connectivity index (χ0) is 35.2. The second kappa shape index (κ2) is 23.6. The largest absolute Gasteiger partial charge is 0.494 e. The number of benzene rings is 3. The lowest BCUT2D eigenvalue weighted by Gasteiger charge is -2.16. The van der Waals surface area contributed by atoms with Gasteiger partial charge in [0.2, 0.25) is 0 Å². The molecule has 9 heteroatoms. The van der Waals surface area contributed by atoms with Crippen LogP contribution in [0.5, 0.6) is 17.2 Å². The van der Waals surface area contributed by atoms with E-state index in [-0.39, 0.29) is 4.90 Å². The van der Waals surface area contributed by atoms with Gasteiger partial charge in [-0.3, -0.25) is 0 Å². The summed E-state index contributed by atoms with van der Waals surface area (Å²) in [5.74, 6) is 2.23. The summed E-state index contributed by atoms with van der Waals surface area (Å²) in [6.07, 6.45) is 16.3. The van der Waals surface area contributed by atoms with Gasteiger partial charge in [0, 0.05) is 9.13 Å². The second-order valence-corrected chi connectivity index (χ2v) is 15.5. The molecule has 0 spiro atoms. The summed E-state index contributed by atoms with van der Waals surface area (Å²) >= 11 is 2.28. The third-order valence-electron chi connectivity index (χ3n) is 8.31. The van der Waals surface area contributed by atoms with Crippen LogP contribution < -0.4 is 19.0 Å². The Kier molecular flexibility index (Phi) is 19.6. The Morgan fingerprint density at radius 2 is 1.20 bits per heavy atom. The zero-order valence-electron chi connectivity index (χ0n) is 29.9. The van der Waals surface area contributed by atoms with Gasteiger partial charge in [-0.05, 0) is 116 Å². The number of ether oxygens (including phenoxy) is 3. The van der Waals surface area contributed by atoms with Gasteiger partial charge >= 0.3 is 0 Å². The first-order chi connectivity index (χ1) is 23.8. The summed E-state index contributed by atoms with van der Waals surface area (Å²) in [5.41, 5.74) is 2.43. The van der Waals surface area contributed by atoms with Gasteiger partial charge in [-0.1, -0.05) is 95.8 Å². The fourth-order valence-corrected chi connectivity index (χ4v) is 6.50. The molecular formula is C40H57IN2O5S. The Morgan fingerprint density at radius 3 is 1.84 bits per heavy atom. The fraction of sp³-hybridized carbons (Fsp3) is 0.525. The van der Waals surface area contributed by atoms with Gasteiger partial charge in [0.05, 0.1) is 30.4 Å². The highest BCUT2D eigenvalue weighted by Gasteiger charge is 2.16. The number of hydrazone groups is 1. The summed E-state index contributed by atoms with van der Waals surface area (Å²) in [5, 5.41) is 4.49. The summed E-state index contributed by atoms with van der Waals surface area (Å²) in [6, 6.07) is 20.6. The van der Waals surface area contributed by atoms with Crippen molar-refractivity contribution in [2.75, 3.05) is 19.8 Å². The van der Waals surface area contributed by atoms with Gasteiger partial charge in [-0.15, -0.1) is 0 Å². The van der Waals surface area contributed by atoms with Crippen LogP contribution in [0.15, 0.2) is 76.7 Å². The molecule has 7 nitrogen and oxygen atoms in total. The van der Waals surface area contributed by atoms with E-state index in [9.17, 15) is 8.42 Å². The molecule has 0 aliphatic rings. The molecule has 0 bridgehead atoms. The predicted molar refractivity (Wildman–Crippen MR) is 211 cm³/mol. The van der Waals surface area contributed by atoms with Gasteiger partial charge in [0.15, 0.2) is 11.5 Å². The lowest BCUT2D eigenvalue weighted by molar-refractivity contribution is 0.258. The van der Waals surface area contributed by atoms with Gasteiger partial charge in [0.25, 0.3) is 10.0 Å². The lowest BCUT2D eigenvalue weighted by atomic mass is 10.0. The maximum atomic E-state index is 13.2. The zero-order valence-corrected chi connectivity index (χ0v) is 32.8. The average Bonchev–Trinajstić information content (AvgIpc) is 3.10. The number of unbranched alkanes of at least 4 members (excludes halogenated alkanes) is 11. The van der Waals surface area contributed by atoms with Crippen molar-refractivity contribution in [2.24, 2.45) is 5.10 Å². The van der Waals surface area contributed by atoms with E-state index in [2.05, 4.69) is 46.4 Å². The molecule has 49 heavy (non-hydrogen) atoms. The summed E-state index contributed by atoms with van der Waals surface area (Å²) in [7, 11) is -3.84. The Hall–Kier alpha value is -2.79. The van der Waals surface area contributed by atoms with Crippen molar-refractivity contribution in [3.05, 3.63) is 81.4 Å². The third kappa shape index (κ3) is 16.2. The maximum Gasteiger partial charge on any atom is 0.276 e. The van der Waals surface area contributed by atoms with Crippen LogP contribution in [0.2, 0.25) is 0 Å². The minimum absolute atomic E-state index is 0.175. The SMILES string of the molecule is CCCCCCCCOc1ccc(/C(CCCCOc2ccc(I)cc2)=N\NS(=O)(=O)c2ccc(C)cc2)cc1OCCCCCCCC. The highest BCUT2D eigenvalue weighted by Crippen LogP contribution is 2.30. The van der Waals surface area contributed by atoms with E-state index < -0.39 is 10.0 Å². The predicted octanol–water partition coefficient (Wildman–Crippen LogP) is 11.0. The van der Waals surface area contributed by atoms with Gasteiger partial charge < -0.3 is 14.2 Å². The first-order valence-corrected chi connectivity index (χ1v) is 20.8. The molecule has 0 fully saturated rings. The number of sulfonamides is 1. The number of halogens is 1. The molecule has 0 amide bonds. The molecular weight excluding hydrogens is 747 g/mol. The van der Waals surface area contributed by atoms with Crippen LogP contribution in [-0.4, -0.2) is 34.0 Å². The number of nitrogens with zero attached hydrogens (tertiary/aromatic N) is 1. The van der Waals surface area contributed by atoms with Crippen molar-refractivity contribution in [3.8, 4) is 17.2 Å². The molecule has 0 heterocycles. The smallest absolute Gasteiger partial charge is 0.276 e. The summed E-state index contributed by atoms with van der Waals surface area (Å²) in [4.78, 5) is 2.67. The van der Waals surface area contributed by atoms with E-state index >= 15 is 0 Å². The molecule has 3 aromatic carbocycles. The van der Waals surface area contributed by atoms with Crippen molar-refractivity contribution < 1.29 is 22.6 Å². The van der Waals surface area contributed by atoms with E-state index in [4.69, 9.17) is 14.2 Å². The number of rotatable bonds is 26. The van der Waals surface area contributed by atoms with E-state index in [1.165, 1.54) is 51.4 Å². The minimum atomic E-state index is -3.84. The Morgan fingerprint density at radius 1 is 0.653 bits per heavy atom. The van der Waals surface area contributed by atoms with Crippen molar-refractivity contribution in [1.82, 2.24) is 4.83 Å². The van der Waals surface area contributed by atoms with Crippen LogP contribution in [0.3, 0.4) is 0 Å². The third-order valence-corrected chi connectivity index (χ3v) is 10.3. The van der Waals surface area contributed by atoms with Crippen molar-refractivity contribution in [1.29, 1.82) is 0 Å². The van der Waals surface area contributed by atoms with Crippen LogP contribution in [0.25, 0.3) is 0 Å². The molecule has 270 valence electrons. The van der Waals surface area contributed by atoms with E-state index in [0.29, 0.717) is 43.5 Å². The molecule has 0 saturated heterocycles. The summed E-state index contributed by atoms with van der Waals surface area (Å²) in [6.45, 7) is 8.18. The molecule has 0 aliphatic heterocycles. The number of aryl methyl sites for hydroxylation is 1. The number of nitrogens with one attached hydrogen (secondary N) is 1. The van der Waals surface area contributed by atoms with Gasteiger partial charge in [0.1, 0.15) is 5.75 Å². The average molecular weight is 805 g/mol. The highest BCUT2D eigenvalue weighted by atomic mass is 127.